The fraction of sp³-hybridized carbons (Fsp3) is 1.00. The van der Waals surface area contributed by atoms with Crippen molar-refractivity contribution < 1.29 is 21.6 Å². The van der Waals surface area contributed by atoms with Crippen molar-refractivity contribution >= 4 is 35.9 Å². The Morgan fingerprint density at radius 3 is 1.33 bits per heavy atom. The van der Waals surface area contributed by atoms with Crippen LogP contribution < -0.4 is 5.14 Å². The summed E-state index contributed by atoms with van der Waals surface area (Å²) in [7, 11) is -5.34. The summed E-state index contributed by atoms with van der Waals surface area (Å²) in [6.45, 7) is 0. The van der Waals surface area contributed by atoms with E-state index in [-0.39, 0.29) is 25.8 Å². The first-order valence-electron chi connectivity index (χ1n) is 1.34. The quantitative estimate of drug-likeness (QED) is 0.587. The number of nitrogens with two attached hydrogens (primary N) is 1. The number of sulfonamides is 1. The Kier molecular flexibility index (Phi) is 4.24. The first kappa shape index (κ1) is 12.3. The standard InChI is InChI=1S/CH2F3NO2S.In.3H/c2-1(3,4)8(5,6)7;;;;/h(H2,5,6,7);;;;. The Bertz CT molecular complexity index is 171. The predicted molar refractivity (Wildman–Crippen MR) is 29.1 cm³/mol. The van der Waals surface area contributed by atoms with Crippen molar-refractivity contribution in [1.29, 1.82) is 0 Å². The van der Waals surface area contributed by atoms with Gasteiger partial charge in [-0.2, -0.15) is 13.2 Å². The van der Waals surface area contributed by atoms with Crippen LogP contribution in [0.5, 0.6) is 0 Å². The van der Waals surface area contributed by atoms with E-state index in [2.05, 4.69) is 5.14 Å². The fourth-order valence-corrected chi connectivity index (χ4v) is 0. The number of alkyl halides is 3. The third kappa shape index (κ3) is 4.04. The van der Waals surface area contributed by atoms with Gasteiger partial charge in [0.15, 0.2) is 0 Å². The van der Waals surface area contributed by atoms with E-state index in [0.29, 0.717) is 0 Å². The van der Waals surface area contributed by atoms with Crippen LogP contribution in [0.3, 0.4) is 0 Å². The summed E-state index contributed by atoms with van der Waals surface area (Å²) in [5.74, 6) is 0. The van der Waals surface area contributed by atoms with Crippen molar-refractivity contribution in [3.8, 4) is 0 Å². The molecule has 0 aromatic heterocycles. The fourth-order valence-electron chi connectivity index (χ4n) is 0. The average molecular weight is 267 g/mol. The van der Waals surface area contributed by atoms with Crippen LogP contribution in [0.25, 0.3) is 0 Å². The summed E-state index contributed by atoms with van der Waals surface area (Å²) in [5.41, 5.74) is -5.31. The Morgan fingerprint density at radius 2 is 1.33 bits per heavy atom. The van der Waals surface area contributed by atoms with Gasteiger partial charge in [-0.3, -0.25) is 0 Å². The van der Waals surface area contributed by atoms with Crippen LogP contribution in [0.2, 0.25) is 0 Å². The van der Waals surface area contributed by atoms with E-state index in [4.69, 9.17) is 0 Å². The normalized spacial score (nSPS) is 12.4. The van der Waals surface area contributed by atoms with Gasteiger partial charge in [-0.25, -0.2) is 13.6 Å². The molecule has 0 rings (SSSR count). The average Bonchev–Trinajstić information content (AvgIpc) is 1.25. The molecular formula is CH5F3InNO2S. The molecule has 8 heteroatoms. The number of primary sulfonamides is 1. The third-order valence-corrected chi connectivity index (χ3v) is 0.968. The van der Waals surface area contributed by atoms with Gasteiger partial charge in [0.1, 0.15) is 0 Å². The van der Waals surface area contributed by atoms with Gasteiger partial charge >= 0.3 is 41.4 Å². The van der Waals surface area contributed by atoms with Gasteiger partial charge in [0.25, 0.3) is 0 Å². The zero-order valence-corrected chi connectivity index (χ0v) is 4.25. The van der Waals surface area contributed by atoms with Crippen LogP contribution in [-0.2, 0) is 10.0 Å². The SMILES string of the molecule is NS(=O)(=O)C(F)(F)F.[InH3]. The van der Waals surface area contributed by atoms with Crippen molar-refractivity contribution in [3.05, 3.63) is 0 Å². The maximum atomic E-state index is 10.8. The van der Waals surface area contributed by atoms with Crippen LogP contribution in [-0.4, -0.2) is 39.8 Å². The summed E-state index contributed by atoms with van der Waals surface area (Å²) in [6.07, 6.45) is 0. The first-order chi connectivity index (χ1) is 3.25. The molecule has 0 radical (unpaired) electrons. The van der Waals surface area contributed by atoms with Crippen molar-refractivity contribution in [2.75, 3.05) is 0 Å². The molecule has 0 heterocycles. The van der Waals surface area contributed by atoms with E-state index in [1.54, 1.807) is 0 Å². The molecule has 2 N–H and O–H groups in total. The number of rotatable bonds is 0. The zero-order valence-electron chi connectivity index (χ0n) is 3.44. The molecular weight excluding hydrogens is 262 g/mol. The zero-order chi connectivity index (χ0) is 7.00. The molecule has 3 nitrogen and oxygen atoms in total. The van der Waals surface area contributed by atoms with Crippen LogP contribution in [0.1, 0.15) is 0 Å². The number of halogens is 3. The molecule has 0 fully saturated rings. The molecule has 0 unspecified atom stereocenters. The predicted octanol–water partition coefficient (Wildman–Crippen LogP) is -1.39. The molecule has 0 saturated heterocycles. The first-order valence-corrected chi connectivity index (χ1v) is 2.89. The van der Waals surface area contributed by atoms with Gasteiger partial charge in [0, 0.05) is 0 Å². The molecule has 0 amide bonds. The Hall–Kier alpha value is 0.570. The number of hydrogen-bond donors (Lipinski definition) is 1. The molecule has 0 aliphatic rings. The second-order valence-corrected chi connectivity index (χ2v) is 2.54. The molecule has 0 atom stereocenters. The molecule has 9 heavy (non-hydrogen) atoms. The van der Waals surface area contributed by atoms with Gasteiger partial charge < -0.3 is 0 Å². The van der Waals surface area contributed by atoms with Crippen LogP contribution in [0.15, 0.2) is 0 Å². The topological polar surface area (TPSA) is 60.2 Å². The van der Waals surface area contributed by atoms with E-state index < -0.39 is 15.5 Å². The van der Waals surface area contributed by atoms with Gasteiger partial charge in [-0.05, 0) is 0 Å². The van der Waals surface area contributed by atoms with E-state index in [1.807, 2.05) is 0 Å². The molecule has 0 aliphatic carbocycles. The monoisotopic (exact) mass is 267 g/mol. The van der Waals surface area contributed by atoms with Crippen molar-refractivity contribution in [2.24, 2.45) is 5.14 Å². The minimum absolute atomic E-state index is 0. The Morgan fingerprint density at radius 1 is 1.22 bits per heavy atom. The second-order valence-electron chi connectivity index (χ2n) is 0.991. The Balaban J connectivity index is 0. The summed E-state index contributed by atoms with van der Waals surface area (Å²) in [6, 6.07) is 0. The van der Waals surface area contributed by atoms with E-state index in [1.165, 1.54) is 0 Å². The summed E-state index contributed by atoms with van der Waals surface area (Å²) in [5, 5.41) is 3.66. The molecule has 0 saturated carbocycles. The summed E-state index contributed by atoms with van der Waals surface area (Å²) >= 11 is 0. The van der Waals surface area contributed by atoms with Gasteiger partial charge in [0.05, 0.1) is 0 Å². The van der Waals surface area contributed by atoms with E-state index in [9.17, 15) is 21.6 Å². The molecule has 0 bridgehead atoms. The molecule has 0 spiro atoms. The molecule has 56 valence electrons. The van der Waals surface area contributed by atoms with E-state index in [0.717, 1.165) is 0 Å². The van der Waals surface area contributed by atoms with E-state index >= 15 is 0 Å². The minimum atomic E-state index is -5.34. The number of hydrogen-bond acceptors (Lipinski definition) is 2. The Labute approximate surface area is 68.2 Å². The van der Waals surface area contributed by atoms with Crippen molar-refractivity contribution in [1.82, 2.24) is 0 Å². The molecule has 0 aromatic carbocycles. The van der Waals surface area contributed by atoms with Crippen molar-refractivity contribution in [3.63, 3.8) is 0 Å². The molecule has 0 aliphatic heterocycles. The van der Waals surface area contributed by atoms with Crippen LogP contribution >= 0.6 is 0 Å². The van der Waals surface area contributed by atoms with Crippen LogP contribution in [0, 0.1) is 0 Å². The van der Waals surface area contributed by atoms with Gasteiger partial charge in [0.2, 0.25) is 0 Å². The maximum absolute atomic E-state index is 10.8. The third-order valence-electron chi connectivity index (χ3n) is 0.323. The van der Waals surface area contributed by atoms with Crippen LogP contribution in [0.4, 0.5) is 13.2 Å². The van der Waals surface area contributed by atoms with Gasteiger partial charge in [-0.15, -0.1) is 0 Å². The summed E-state index contributed by atoms with van der Waals surface area (Å²) < 4.78 is 51.2. The van der Waals surface area contributed by atoms with Gasteiger partial charge in [-0.1, -0.05) is 0 Å². The summed E-state index contributed by atoms with van der Waals surface area (Å²) in [4.78, 5) is 0. The second kappa shape index (κ2) is 3.11. The van der Waals surface area contributed by atoms with Crippen molar-refractivity contribution in [2.45, 2.75) is 5.51 Å². The molecule has 0 aromatic rings.